The monoisotopic (exact) mass is 503 g/mol. The van der Waals surface area contributed by atoms with E-state index in [1.807, 2.05) is 107 Å². The maximum atomic E-state index is 13.3. The molecule has 0 saturated carbocycles. The maximum absolute atomic E-state index is 13.3. The van der Waals surface area contributed by atoms with Crippen LogP contribution >= 0.6 is 0 Å². The minimum absolute atomic E-state index is 0.0142. The minimum Gasteiger partial charge on any atom is -0.494 e. The quantitative estimate of drug-likeness (QED) is 0.280. The lowest BCUT2D eigenvalue weighted by atomic mass is 9.92. The molecule has 7 heteroatoms. The number of urea groups is 1. The molecule has 0 aliphatic rings. The van der Waals surface area contributed by atoms with Crippen LogP contribution < -0.4 is 25.0 Å². The van der Waals surface area contributed by atoms with Crippen LogP contribution in [0, 0.1) is 5.41 Å². The molecule has 0 aliphatic carbocycles. The van der Waals surface area contributed by atoms with Gasteiger partial charge in [0, 0.05) is 30.9 Å². The lowest BCUT2D eigenvalue weighted by molar-refractivity contribution is -0.122. The van der Waals surface area contributed by atoms with Crippen molar-refractivity contribution >= 4 is 23.3 Å². The molecular formula is C30H37N3O4. The van der Waals surface area contributed by atoms with Crippen LogP contribution in [0.25, 0.3) is 0 Å². The third kappa shape index (κ3) is 9.52. The standard InChI is InChI=1S/C30H37N3O4/c1-5-36-25-16-12-23(13-17-25)32-29(35)33(21-9-20-31-28(34)22-30(2,3)4)24-14-18-27(19-15-24)37-26-10-7-6-8-11-26/h6-8,10-19H,5,9,20-22H2,1-4H3,(H,31,34)(H,32,35). The second kappa shape index (κ2) is 13.3. The Balaban J connectivity index is 1.67. The number of hydrogen-bond acceptors (Lipinski definition) is 4. The van der Waals surface area contributed by atoms with Gasteiger partial charge in [-0.3, -0.25) is 9.69 Å². The second-order valence-corrected chi connectivity index (χ2v) is 9.89. The summed E-state index contributed by atoms with van der Waals surface area (Å²) in [5, 5.41) is 5.92. The van der Waals surface area contributed by atoms with Gasteiger partial charge in [0.25, 0.3) is 0 Å². The number of nitrogens with one attached hydrogen (secondary N) is 2. The molecule has 3 amide bonds. The summed E-state index contributed by atoms with van der Waals surface area (Å²) < 4.78 is 11.4. The summed E-state index contributed by atoms with van der Waals surface area (Å²) in [6, 6.07) is 23.9. The Bertz CT molecular complexity index is 1120. The summed E-state index contributed by atoms with van der Waals surface area (Å²) >= 11 is 0. The van der Waals surface area contributed by atoms with Gasteiger partial charge in [-0.1, -0.05) is 39.0 Å². The molecule has 0 heterocycles. The van der Waals surface area contributed by atoms with E-state index in [1.54, 1.807) is 4.90 Å². The van der Waals surface area contributed by atoms with Crippen molar-refractivity contribution in [2.45, 2.75) is 40.5 Å². The number of rotatable bonds is 11. The number of carbonyl (C=O) groups is 2. The Kier molecular flexibility index (Phi) is 9.95. The maximum Gasteiger partial charge on any atom is 0.326 e. The third-order valence-electron chi connectivity index (χ3n) is 5.36. The molecule has 0 radical (unpaired) electrons. The van der Waals surface area contributed by atoms with Crippen LogP contribution in [0.2, 0.25) is 0 Å². The summed E-state index contributed by atoms with van der Waals surface area (Å²) in [4.78, 5) is 27.1. The number of hydrogen-bond donors (Lipinski definition) is 2. The first-order valence-electron chi connectivity index (χ1n) is 12.6. The number of benzene rings is 3. The Morgan fingerprint density at radius 2 is 1.46 bits per heavy atom. The fourth-order valence-corrected chi connectivity index (χ4v) is 3.67. The highest BCUT2D eigenvalue weighted by Gasteiger charge is 2.18. The predicted octanol–water partition coefficient (Wildman–Crippen LogP) is 6.86. The average molecular weight is 504 g/mol. The lowest BCUT2D eigenvalue weighted by Gasteiger charge is -2.24. The van der Waals surface area contributed by atoms with E-state index in [2.05, 4.69) is 10.6 Å². The van der Waals surface area contributed by atoms with Gasteiger partial charge in [-0.15, -0.1) is 0 Å². The highest BCUT2D eigenvalue weighted by atomic mass is 16.5. The molecule has 0 atom stereocenters. The summed E-state index contributed by atoms with van der Waals surface area (Å²) in [7, 11) is 0. The van der Waals surface area contributed by atoms with Gasteiger partial charge in [-0.2, -0.15) is 0 Å². The molecule has 2 N–H and O–H groups in total. The zero-order valence-electron chi connectivity index (χ0n) is 22.1. The summed E-state index contributed by atoms with van der Waals surface area (Å²) in [5.74, 6) is 2.18. The molecule has 0 saturated heterocycles. The zero-order valence-corrected chi connectivity index (χ0v) is 22.1. The first kappa shape index (κ1) is 27.6. The van der Waals surface area contributed by atoms with Crippen molar-refractivity contribution in [1.29, 1.82) is 0 Å². The highest BCUT2D eigenvalue weighted by Crippen LogP contribution is 2.25. The molecule has 0 spiro atoms. The number of amides is 3. The smallest absolute Gasteiger partial charge is 0.326 e. The Labute approximate surface area is 219 Å². The van der Waals surface area contributed by atoms with E-state index < -0.39 is 0 Å². The van der Waals surface area contributed by atoms with E-state index >= 15 is 0 Å². The van der Waals surface area contributed by atoms with E-state index in [9.17, 15) is 9.59 Å². The van der Waals surface area contributed by atoms with Gasteiger partial charge in [0.05, 0.1) is 6.61 Å². The first-order valence-corrected chi connectivity index (χ1v) is 12.6. The van der Waals surface area contributed by atoms with E-state index in [0.717, 1.165) is 17.2 Å². The molecule has 0 bridgehead atoms. The van der Waals surface area contributed by atoms with Gasteiger partial charge in [0.15, 0.2) is 0 Å². The lowest BCUT2D eigenvalue weighted by Crippen LogP contribution is -2.37. The van der Waals surface area contributed by atoms with Crippen molar-refractivity contribution in [3.05, 3.63) is 78.9 Å². The van der Waals surface area contributed by atoms with E-state index in [4.69, 9.17) is 9.47 Å². The van der Waals surface area contributed by atoms with Gasteiger partial charge in [0.1, 0.15) is 17.2 Å². The molecule has 3 aromatic carbocycles. The normalized spacial score (nSPS) is 10.9. The van der Waals surface area contributed by atoms with E-state index in [1.165, 1.54) is 0 Å². The fourth-order valence-electron chi connectivity index (χ4n) is 3.67. The first-order chi connectivity index (χ1) is 17.7. The number of ether oxygens (including phenoxy) is 2. The largest absolute Gasteiger partial charge is 0.494 e. The van der Waals surface area contributed by atoms with Gasteiger partial charge in [0.2, 0.25) is 5.91 Å². The van der Waals surface area contributed by atoms with Crippen molar-refractivity contribution in [3.8, 4) is 17.2 Å². The SMILES string of the molecule is CCOc1ccc(NC(=O)N(CCCNC(=O)CC(C)(C)C)c2ccc(Oc3ccccc3)cc2)cc1. The van der Waals surface area contributed by atoms with E-state index in [-0.39, 0.29) is 17.4 Å². The van der Waals surface area contributed by atoms with Gasteiger partial charge >= 0.3 is 6.03 Å². The van der Waals surface area contributed by atoms with E-state index in [0.29, 0.717) is 44.0 Å². The Hall–Kier alpha value is -4.00. The average Bonchev–Trinajstić information content (AvgIpc) is 2.85. The molecular weight excluding hydrogens is 466 g/mol. The van der Waals surface area contributed by atoms with Crippen LogP contribution in [0.3, 0.4) is 0 Å². The summed E-state index contributed by atoms with van der Waals surface area (Å²) in [6.07, 6.45) is 1.06. The van der Waals surface area contributed by atoms with Gasteiger partial charge in [-0.25, -0.2) is 4.79 Å². The van der Waals surface area contributed by atoms with Crippen molar-refractivity contribution in [1.82, 2.24) is 5.32 Å². The number of anilines is 2. The van der Waals surface area contributed by atoms with Crippen molar-refractivity contribution in [3.63, 3.8) is 0 Å². The molecule has 3 aromatic rings. The van der Waals surface area contributed by atoms with Crippen molar-refractivity contribution in [2.24, 2.45) is 5.41 Å². The van der Waals surface area contributed by atoms with Crippen LogP contribution in [0.4, 0.5) is 16.2 Å². The highest BCUT2D eigenvalue weighted by molar-refractivity contribution is 6.01. The fraction of sp³-hybridized carbons (Fsp3) is 0.333. The Morgan fingerprint density at radius 3 is 2.08 bits per heavy atom. The molecule has 37 heavy (non-hydrogen) atoms. The molecule has 3 rings (SSSR count). The zero-order chi connectivity index (χ0) is 26.7. The van der Waals surface area contributed by atoms with Crippen molar-refractivity contribution in [2.75, 3.05) is 29.9 Å². The van der Waals surface area contributed by atoms with Crippen LogP contribution in [-0.4, -0.2) is 31.6 Å². The number of para-hydroxylation sites is 1. The molecule has 7 nitrogen and oxygen atoms in total. The Morgan fingerprint density at radius 1 is 0.838 bits per heavy atom. The topological polar surface area (TPSA) is 79.9 Å². The van der Waals surface area contributed by atoms with Crippen molar-refractivity contribution < 1.29 is 19.1 Å². The second-order valence-electron chi connectivity index (χ2n) is 9.89. The predicted molar refractivity (Wildman–Crippen MR) is 149 cm³/mol. The third-order valence-corrected chi connectivity index (χ3v) is 5.36. The van der Waals surface area contributed by atoms with Crippen LogP contribution in [-0.2, 0) is 4.79 Å². The minimum atomic E-state index is -0.262. The summed E-state index contributed by atoms with van der Waals surface area (Å²) in [5.41, 5.74) is 1.32. The number of carbonyl (C=O) groups excluding carboxylic acids is 2. The summed E-state index contributed by atoms with van der Waals surface area (Å²) in [6.45, 7) is 9.51. The molecule has 0 aliphatic heterocycles. The molecule has 0 unspecified atom stereocenters. The van der Waals surface area contributed by atoms with Gasteiger partial charge < -0.3 is 20.1 Å². The van der Waals surface area contributed by atoms with Crippen LogP contribution in [0.5, 0.6) is 17.2 Å². The molecule has 0 aromatic heterocycles. The van der Waals surface area contributed by atoms with Crippen LogP contribution in [0.1, 0.15) is 40.5 Å². The molecule has 0 fully saturated rings. The van der Waals surface area contributed by atoms with Gasteiger partial charge in [-0.05, 0) is 79.4 Å². The molecule has 196 valence electrons. The number of nitrogens with zero attached hydrogens (tertiary/aromatic N) is 1. The van der Waals surface area contributed by atoms with Crippen LogP contribution in [0.15, 0.2) is 78.9 Å².